The molecular formula is C18H16O6. The summed E-state index contributed by atoms with van der Waals surface area (Å²) in [6.45, 7) is 9.84. The zero-order chi connectivity index (χ0) is 18.0. The normalized spacial score (nSPS) is 10.2. The summed E-state index contributed by atoms with van der Waals surface area (Å²) in [5.41, 5.74) is 0.261. The molecule has 2 aromatic rings. The number of phenols is 2. The Morgan fingerprint density at radius 2 is 1.54 bits per heavy atom. The van der Waals surface area contributed by atoms with E-state index in [0.29, 0.717) is 10.8 Å². The van der Waals surface area contributed by atoms with Crippen LogP contribution in [0.5, 0.6) is 23.0 Å². The lowest BCUT2D eigenvalue weighted by Gasteiger charge is -2.14. The summed E-state index contributed by atoms with van der Waals surface area (Å²) in [5, 5.41) is 20.7. The maximum atomic E-state index is 11.8. The average molecular weight is 328 g/mol. The first kappa shape index (κ1) is 17.1. The predicted octanol–water partition coefficient (Wildman–Crippen LogP) is 3.21. The fourth-order valence-corrected chi connectivity index (χ4v) is 1.87. The lowest BCUT2D eigenvalue weighted by Crippen LogP contribution is -2.11. The van der Waals surface area contributed by atoms with Gasteiger partial charge in [-0.15, -0.1) is 0 Å². The van der Waals surface area contributed by atoms with Crippen molar-refractivity contribution in [3.8, 4) is 23.0 Å². The van der Waals surface area contributed by atoms with Gasteiger partial charge < -0.3 is 19.7 Å². The smallest absolute Gasteiger partial charge is 0.338 e. The van der Waals surface area contributed by atoms with E-state index in [1.54, 1.807) is 0 Å². The molecule has 2 rings (SSSR count). The van der Waals surface area contributed by atoms with E-state index >= 15 is 0 Å². The summed E-state index contributed by atoms with van der Waals surface area (Å²) in [6, 6.07) is 5.57. The molecule has 0 amide bonds. The molecule has 6 nitrogen and oxygen atoms in total. The molecule has 6 heteroatoms. The maximum absolute atomic E-state index is 11.8. The maximum Gasteiger partial charge on any atom is 0.338 e. The SMILES string of the molecule is C=C(C)C(=O)Oc1cc2cc(O)ccc2c(OC(=O)C(=C)C)c1O. The minimum absolute atomic E-state index is 0.0393. The first-order valence-electron chi connectivity index (χ1n) is 6.94. The molecule has 0 saturated heterocycles. The monoisotopic (exact) mass is 328 g/mol. The molecule has 0 bridgehead atoms. The van der Waals surface area contributed by atoms with Gasteiger partial charge in [0.1, 0.15) is 5.75 Å². The lowest BCUT2D eigenvalue weighted by atomic mass is 10.1. The van der Waals surface area contributed by atoms with Crippen molar-refractivity contribution in [2.45, 2.75) is 13.8 Å². The van der Waals surface area contributed by atoms with Gasteiger partial charge >= 0.3 is 11.9 Å². The highest BCUT2D eigenvalue weighted by Crippen LogP contribution is 2.44. The van der Waals surface area contributed by atoms with Crippen LogP contribution in [0.4, 0.5) is 0 Å². The van der Waals surface area contributed by atoms with E-state index in [0.717, 1.165) is 0 Å². The van der Waals surface area contributed by atoms with Crippen LogP contribution in [0, 0.1) is 0 Å². The first-order valence-corrected chi connectivity index (χ1v) is 6.94. The van der Waals surface area contributed by atoms with Gasteiger partial charge in [0.25, 0.3) is 0 Å². The number of hydrogen-bond acceptors (Lipinski definition) is 6. The molecule has 0 saturated carbocycles. The third-order valence-electron chi connectivity index (χ3n) is 3.11. The standard InChI is InChI=1S/C18H16O6/c1-9(2)17(21)23-14-8-11-7-12(19)5-6-13(11)16(15(14)20)24-18(22)10(3)4/h5-8,19-20H,1,3H2,2,4H3. The lowest BCUT2D eigenvalue weighted by molar-refractivity contribution is -0.130. The topological polar surface area (TPSA) is 93.1 Å². The van der Waals surface area contributed by atoms with Gasteiger partial charge in [0.2, 0.25) is 5.75 Å². The van der Waals surface area contributed by atoms with Gasteiger partial charge in [-0.2, -0.15) is 0 Å². The number of benzene rings is 2. The largest absolute Gasteiger partial charge is 0.508 e. The van der Waals surface area contributed by atoms with Crippen molar-refractivity contribution in [3.63, 3.8) is 0 Å². The highest BCUT2D eigenvalue weighted by Gasteiger charge is 2.21. The van der Waals surface area contributed by atoms with Crippen molar-refractivity contribution in [1.82, 2.24) is 0 Å². The van der Waals surface area contributed by atoms with Gasteiger partial charge in [0.15, 0.2) is 11.5 Å². The Bertz CT molecular complexity index is 879. The van der Waals surface area contributed by atoms with Gasteiger partial charge in [0.05, 0.1) is 0 Å². The van der Waals surface area contributed by atoms with E-state index in [1.165, 1.54) is 38.1 Å². The van der Waals surface area contributed by atoms with Gasteiger partial charge in [0, 0.05) is 16.5 Å². The molecule has 2 N–H and O–H groups in total. The van der Waals surface area contributed by atoms with Crippen LogP contribution < -0.4 is 9.47 Å². The first-order chi connectivity index (χ1) is 11.2. The number of carbonyl (C=O) groups excluding carboxylic acids is 2. The molecule has 0 spiro atoms. The van der Waals surface area contributed by atoms with Crippen molar-refractivity contribution in [3.05, 3.63) is 48.6 Å². The summed E-state index contributed by atoms with van der Waals surface area (Å²) >= 11 is 0. The summed E-state index contributed by atoms with van der Waals surface area (Å²) in [7, 11) is 0. The molecule has 0 fully saturated rings. The number of rotatable bonds is 4. The van der Waals surface area contributed by atoms with Crippen LogP contribution in [0.1, 0.15) is 13.8 Å². The zero-order valence-electron chi connectivity index (χ0n) is 13.3. The van der Waals surface area contributed by atoms with Crippen LogP contribution in [0.3, 0.4) is 0 Å². The molecule has 124 valence electrons. The summed E-state index contributed by atoms with van der Waals surface area (Å²) in [4.78, 5) is 23.5. The number of esters is 2. The van der Waals surface area contributed by atoms with E-state index in [2.05, 4.69) is 13.2 Å². The van der Waals surface area contributed by atoms with Crippen molar-refractivity contribution in [2.24, 2.45) is 0 Å². The van der Waals surface area contributed by atoms with E-state index in [-0.39, 0.29) is 28.4 Å². The van der Waals surface area contributed by atoms with Crippen LogP contribution >= 0.6 is 0 Å². The Morgan fingerprint density at radius 1 is 0.958 bits per heavy atom. The highest BCUT2D eigenvalue weighted by molar-refractivity contribution is 5.99. The van der Waals surface area contributed by atoms with Crippen LogP contribution in [-0.4, -0.2) is 22.2 Å². The molecule has 0 aromatic heterocycles. The fraction of sp³-hybridized carbons (Fsp3) is 0.111. The fourth-order valence-electron chi connectivity index (χ4n) is 1.87. The minimum Gasteiger partial charge on any atom is -0.508 e. The van der Waals surface area contributed by atoms with Crippen LogP contribution in [-0.2, 0) is 9.59 Å². The Labute approximate surface area is 138 Å². The van der Waals surface area contributed by atoms with Crippen LogP contribution in [0.15, 0.2) is 48.6 Å². The molecule has 0 aliphatic heterocycles. The van der Waals surface area contributed by atoms with Gasteiger partial charge in [-0.3, -0.25) is 0 Å². The second-order valence-corrected chi connectivity index (χ2v) is 5.30. The molecule has 0 atom stereocenters. The molecule has 0 radical (unpaired) electrons. The molecule has 24 heavy (non-hydrogen) atoms. The minimum atomic E-state index is -0.748. The third-order valence-corrected chi connectivity index (χ3v) is 3.11. The third kappa shape index (κ3) is 3.38. The molecular weight excluding hydrogens is 312 g/mol. The second kappa shape index (κ2) is 6.45. The molecule has 2 aromatic carbocycles. The Kier molecular flexibility index (Phi) is 4.59. The quantitative estimate of drug-likeness (QED) is 0.508. The van der Waals surface area contributed by atoms with E-state index in [4.69, 9.17) is 9.47 Å². The highest BCUT2D eigenvalue weighted by atomic mass is 16.6. The molecule has 0 unspecified atom stereocenters. The van der Waals surface area contributed by atoms with Gasteiger partial charge in [-0.1, -0.05) is 13.2 Å². The summed E-state index contributed by atoms with van der Waals surface area (Å²) in [6.07, 6.45) is 0. The van der Waals surface area contributed by atoms with Gasteiger partial charge in [-0.25, -0.2) is 9.59 Å². The number of aromatic hydroxyl groups is 2. The van der Waals surface area contributed by atoms with Crippen LogP contribution in [0.2, 0.25) is 0 Å². The number of fused-ring (bicyclic) bond motifs is 1. The van der Waals surface area contributed by atoms with Crippen molar-refractivity contribution >= 4 is 22.7 Å². The molecule has 0 aliphatic carbocycles. The molecule has 0 heterocycles. The number of ether oxygens (including phenoxy) is 2. The Balaban J connectivity index is 2.65. The van der Waals surface area contributed by atoms with E-state index in [1.807, 2.05) is 0 Å². The zero-order valence-corrected chi connectivity index (χ0v) is 13.3. The Hall–Kier alpha value is -3.28. The van der Waals surface area contributed by atoms with Crippen LogP contribution in [0.25, 0.3) is 10.8 Å². The van der Waals surface area contributed by atoms with Crippen molar-refractivity contribution < 1.29 is 29.3 Å². The number of hydrogen-bond donors (Lipinski definition) is 2. The summed E-state index contributed by atoms with van der Waals surface area (Å²) in [5.74, 6) is -2.46. The predicted molar refractivity (Wildman–Crippen MR) is 88.2 cm³/mol. The Morgan fingerprint density at radius 3 is 2.12 bits per heavy atom. The van der Waals surface area contributed by atoms with Gasteiger partial charge in [-0.05, 0) is 43.5 Å². The van der Waals surface area contributed by atoms with E-state index in [9.17, 15) is 19.8 Å². The second-order valence-electron chi connectivity index (χ2n) is 5.30. The van der Waals surface area contributed by atoms with E-state index < -0.39 is 17.7 Å². The number of phenolic OH excluding ortho intramolecular Hbond substituents is 2. The number of carbonyl (C=O) groups is 2. The van der Waals surface area contributed by atoms with Crippen molar-refractivity contribution in [2.75, 3.05) is 0 Å². The average Bonchev–Trinajstić information content (AvgIpc) is 2.50. The summed E-state index contributed by atoms with van der Waals surface area (Å²) < 4.78 is 10.2. The molecule has 0 aliphatic rings. The van der Waals surface area contributed by atoms with Crippen molar-refractivity contribution in [1.29, 1.82) is 0 Å².